The van der Waals surface area contributed by atoms with Crippen molar-refractivity contribution in [1.82, 2.24) is 4.31 Å². The van der Waals surface area contributed by atoms with Gasteiger partial charge in [0.05, 0.1) is 17.6 Å². The van der Waals surface area contributed by atoms with Crippen LogP contribution in [0.4, 0.5) is 0 Å². The zero-order valence-corrected chi connectivity index (χ0v) is 11.8. The Kier molecular flexibility index (Phi) is 4.54. The monoisotopic (exact) mass is 310 g/mol. The zero-order chi connectivity index (χ0) is 14.8. The number of carboxylic acids is 1. The van der Waals surface area contributed by atoms with Gasteiger partial charge in [-0.3, -0.25) is 4.79 Å². The number of sulfone groups is 1. The van der Waals surface area contributed by atoms with E-state index in [2.05, 4.69) is 0 Å². The van der Waals surface area contributed by atoms with E-state index in [0.29, 0.717) is 4.31 Å². The fourth-order valence-electron chi connectivity index (χ4n) is 1.83. The Morgan fingerprint density at radius 3 is 2.53 bits per heavy atom. The molecular formula is C9H14N2O6S2. The van der Waals surface area contributed by atoms with Gasteiger partial charge in [-0.05, 0) is 13.3 Å². The fourth-order valence-corrected chi connectivity index (χ4v) is 5.08. The molecule has 8 nitrogen and oxygen atoms in total. The first-order valence-corrected chi connectivity index (χ1v) is 8.75. The van der Waals surface area contributed by atoms with Crippen LogP contribution in [0.3, 0.4) is 0 Å². The molecule has 1 rings (SSSR count). The molecule has 1 aliphatic rings. The van der Waals surface area contributed by atoms with Gasteiger partial charge in [-0.25, -0.2) is 16.8 Å². The lowest BCUT2D eigenvalue weighted by Gasteiger charge is -2.26. The number of nitrogens with zero attached hydrogens (tertiary/aromatic N) is 2. The van der Waals surface area contributed by atoms with E-state index in [1.807, 2.05) is 0 Å². The first kappa shape index (κ1) is 15.9. The van der Waals surface area contributed by atoms with E-state index in [9.17, 15) is 21.6 Å². The highest BCUT2D eigenvalue weighted by molar-refractivity contribution is 7.92. The molecule has 2 atom stereocenters. The van der Waals surface area contributed by atoms with Crippen molar-refractivity contribution in [1.29, 1.82) is 5.26 Å². The number of hydrogen-bond donors (Lipinski definition) is 1. The van der Waals surface area contributed by atoms with Crippen molar-refractivity contribution in [2.75, 3.05) is 18.1 Å². The molecule has 0 amide bonds. The summed E-state index contributed by atoms with van der Waals surface area (Å²) in [5, 5.41) is 16.0. The number of hydrogen-bond acceptors (Lipinski definition) is 6. The van der Waals surface area contributed by atoms with Gasteiger partial charge in [-0.1, -0.05) is 0 Å². The van der Waals surface area contributed by atoms with E-state index < -0.39 is 49.4 Å². The highest BCUT2D eigenvalue weighted by atomic mass is 32.2. The maximum absolute atomic E-state index is 12.0. The Hall–Kier alpha value is -1.18. The highest BCUT2D eigenvalue weighted by Crippen LogP contribution is 2.22. The number of carbonyl (C=O) groups is 1. The van der Waals surface area contributed by atoms with Gasteiger partial charge in [-0.15, -0.1) is 0 Å². The van der Waals surface area contributed by atoms with Crippen LogP contribution < -0.4 is 0 Å². The van der Waals surface area contributed by atoms with E-state index >= 15 is 0 Å². The van der Waals surface area contributed by atoms with Crippen molar-refractivity contribution >= 4 is 25.8 Å². The molecule has 0 spiro atoms. The van der Waals surface area contributed by atoms with Crippen molar-refractivity contribution < 1.29 is 26.7 Å². The molecule has 2 unspecified atom stereocenters. The van der Waals surface area contributed by atoms with Crippen molar-refractivity contribution in [2.24, 2.45) is 0 Å². The molecule has 0 aromatic heterocycles. The summed E-state index contributed by atoms with van der Waals surface area (Å²) in [5.41, 5.74) is 0. The maximum atomic E-state index is 12.0. The largest absolute Gasteiger partial charge is 0.480 e. The van der Waals surface area contributed by atoms with E-state index in [-0.39, 0.29) is 12.2 Å². The summed E-state index contributed by atoms with van der Waals surface area (Å²) in [6.07, 6.45) is 0.0486. The molecule has 0 aliphatic carbocycles. The van der Waals surface area contributed by atoms with Gasteiger partial charge in [-0.2, -0.15) is 9.57 Å². The Bertz CT molecular complexity index is 603. The van der Waals surface area contributed by atoms with Crippen molar-refractivity contribution in [3.05, 3.63) is 0 Å². The minimum absolute atomic E-state index is 0.0486. The van der Waals surface area contributed by atoms with Crippen molar-refractivity contribution in [3.63, 3.8) is 0 Å². The van der Waals surface area contributed by atoms with Gasteiger partial charge in [0.25, 0.3) is 0 Å². The summed E-state index contributed by atoms with van der Waals surface area (Å²) in [6.45, 7) is 0.294. The molecule has 1 heterocycles. The van der Waals surface area contributed by atoms with Crippen molar-refractivity contribution in [2.45, 2.75) is 24.6 Å². The third kappa shape index (κ3) is 3.65. The van der Waals surface area contributed by atoms with Gasteiger partial charge >= 0.3 is 5.97 Å². The van der Waals surface area contributed by atoms with Crippen LogP contribution in [0.2, 0.25) is 0 Å². The normalized spacial score (nSPS) is 23.9. The molecule has 1 aliphatic heterocycles. The Labute approximate surface area is 111 Å². The van der Waals surface area contributed by atoms with Crippen LogP contribution in [0.5, 0.6) is 0 Å². The van der Waals surface area contributed by atoms with Gasteiger partial charge in [0.15, 0.2) is 15.1 Å². The van der Waals surface area contributed by atoms with Crippen LogP contribution in [-0.2, 0) is 24.7 Å². The Morgan fingerprint density at radius 1 is 1.58 bits per heavy atom. The molecule has 0 aromatic carbocycles. The lowest BCUT2D eigenvalue weighted by Crippen LogP contribution is -2.47. The van der Waals surface area contributed by atoms with Crippen molar-refractivity contribution in [3.8, 4) is 6.07 Å². The SMILES string of the molecule is CC(C#N)S(=O)(=O)N(CC(=O)O)C1CCS(=O)(=O)C1. The molecule has 1 N–H and O–H groups in total. The topological polar surface area (TPSA) is 133 Å². The summed E-state index contributed by atoms with van der Waals surface area (Å²) >= 11 is 0. The number of sulfonamides is 1. The Balaban J connectivity index is 3.11. The molecule has 19 heavy (non-hydrogen) atoms. The second-order valence-corrected chi connectivity index (χ2v) is 8.75. The number of nitriles is 1. The summed E-state index contributed by atoms with van der Waals surface area (Å²) in [5.74, 6) is -1.97. The minimum atomic E-state index is -4.15. The Morgan fingerprint density at radius 2 is 2.16 bits per heavy atom. The lowest BCUT2D eigenvalue weighted by atomic mass is 10.2. The molecule has 1 fully saturated rings. The van der Waals surface area contributed by atoms with E-state index in [1.54, 1.807) is 0 Å². The van der Waals surface area contributed by atoms with Gasteiger partial charge < -0.3 is 5.11 Å². The molecule has 108 valence electrons. The first-order valence-electron chi connectivity index (χ1n) is 5.42. The van der Waals surface area contributed by atoms with E-state index in [0.717, 1.165) is 6.92 Å². The molecule has 1 saturated heterocycles. The third-order valence-electron chi connectivity index (χ3n) is 2.86. The smallest absolute Gasteiger partial charge is 0.318 e. The van der Waals surface area contributed by atoms with Crippen LogP contribution in [0.1, 0.15) is 13.3 Å². The molecular weight excluding hydrogens is 296 g/mol. The van der Waals surface area contributed by atoms with Crippen LogP contribution in [-0.4, -0.2) is 61.6 Å². The maximum Gasteiger partial charge on any atom is 0.318 e. The molecule has 0 bridgehead atoms. The number of aliphatic carboxylic acids is 1. The van der Waals surface area contributed by atoms with Crippen LogP contribution >= 0.6 is 0 Å². The summed E-state index contributed by atoms with van der Waals surface area (Å²) in [6, 6.07) is 0.616. The fraction of sp³-hybridized carbons (Fsp3) is 0.778. The average molecular weight is 310 g/mol. The second-order valence-electron chi connectivity index (χ2n) is 4.31. The van der Waals surface area contributed by atoms with Crippen LogP contribution in [0, 0.1) is 11.3 Å². The number of rotatable bonds is 5. The third-order valence-corrected chi connectivity index (χ3v) is 6.69. The predicted molar refractivity (Wildman–Crippen MR) is 65.4 cm³/mol. The quantitative estimate of drug-likeness (QED) is 0.674. The predicted octanol–water partition coefficient (Wildman–Crippen LogP) is -1.20. The summed E-state index contributed by atoms with van der Waals surface area (Å²) in [7, 11) is -7.50. The molecule has 10 heteroatoms. The highest BCUT2D eigenvalue weighted by Gasteiger charge is 2.41. The number of carboxylic acid groups (broad SMARTS) is 1. The van der Waals surface area contributed by atoms with Crippen LogP contribution in [0.15, 0.2) is 0 Å². The van der Waals surface area contributed by atoms with Gasteiger partial charge in [0.2, 0.25) is 10.0 Å². The average Bonchev–Trinajstić information content (AvgIpc) is 2.64. The first-order chi connectivity index (χ1) is 8.60. The van der Waals surface area contributed by atoms with Gasteiger partial charge in [0, 0.05) is 6.04 Å². The molecule has 0 radical (unpaired) electrons. The van der Waals surface area contributed by atoms with E-state index in [4.69, 9.17) is 10.4 Å². The standard InChI is InChI=1S/C9H14N2O6S2/c1-7(4-10)19(16,17)11(5-9(12)13)8-2-3-18(14,15)6-8/h7-8H,2-3,5-6H2,1H3,(H,12,13). The second kappa shape index (κ2) is 5.44. The lowest BCUT2D eigenvalue weighted by molar-refractivity contribution is -0.137. The van der Waals surface area contributed by atoms with Gasteiger partial charge in [0.1, 0.15) is 6.54 Å². The summed E-state index contributed by atoms with van der Waals surface area (Å²) in [4.78, 5) is 10.7. The molecule has 0 saturated carbocycles. The zero-order valence-electron chi connectivity index (χ0n) is 10.2. The van der Waals surface area contributed by atoms with Crippen LogP contribution in [0.25, 0.3) is 0 Å². The minimum Gasteiger partial charge on any atom is -0.480 e. The van der Waals surface area contributed by atoms with E-state index in [1.165, 1.54) is 6.07 Å². The molecule has 0 aromatic rings. The summed E-state index contributed by atoms with van der Waals surface area (Å²) < 4.78 is 47.4.